The zero-order valence-electron chi connectivity index (χ0n) is 19.3. The van der Waals surface area contributed by atoms with Crippen LogP contribution in [0.3, 0.4) is 0 Å². The number of esters is 1. The number of methoxy groups -OCH3 is 1. The molecule has 2 aromatic rings. The number of hydrogen-bond acceptors (Lipinski definition) is 6. The van der Waals surface area contributed by atoms with Gasteiger partial charge in [0.05, 0.1) is 18.8 Å². The number of nitrogens with one attached hydrogen (secondary N) is 1. The Bertz CT molecular complexity index is 1140. The van der Waals surface area contributed by atoms with Crippen molar-refractivity contribution >= 4 is 11.8 Å². The maximum absolute atomic E-state index is 13.6. The van der Waals surface area contributed by atoms with Crippen LogP contribution in [0, 0.1) is 0 Å². The smallest absolute Gasteiger partial charge is 0.337 e. The lowest BCUT2D eigenvalue weighted by Gasteiger charge is -2.37. The predicted octanol–water partition coefficient (Wildman–Crippen LogP) is 4.71. The topological polar surface area (TPSA) is 84.9 Å². The zero-order valence-corrected chi connectivity index (χ0v) is 19.3. The third kappa shape index (κ3) is 4.38. The molecule has 2 aromatic carbocycles. The Morgan fingerprint density at radius 2 is 1.79 bits per heavy atom. The molecule has 6 nitrogen and oxygen atoms in total. The minimum atomic E-state index is -0.556. The van der Waals surface area contributed by atoms with Crippen LogP contribution >= 0.6 is 0 Å². The monoisotopic (exact) mass is 447 g/mol. The van der Waals surface area contributed by atoms with Crippen LogP contribution in [0.15, 0.2) is 71.1 Å². The summed E-state index contributed by atoms with van der Waals surface area (Å²) in [6, 6.07) is 14.4. The van der Waals surface area contributed by atoms with Gasteiger partial charge in [-0.2, -0.15) is 0 Å². The minimum Gasteiger partial charge on any atom is -0.508 e. The Labute approximate surface area is 193 Å². The number of para-hydroxylation sites is 1. The fourth-order valence-electron chi connectivity index (χ4n) is 4.81. The van der Waals surface area contributed by atoms with Gasteiger partial charge in [-0.3, -0.25) is 4.79 Å². The molecule has 2 N–H and O–H groups in total. The molecule has 2 aliphatic rings. The summed E-state index contributed by atoms with van der Waals surface area (Å²) in [5.41, 5.74) is 4.27. The average Bonchev–Trinajstić information content (AvgIpc) is 2.78. The molecule has 0 amide bonds. The van der Waals surface area contributed by atoms with Crippen molar-refractivity contribution in [3.05, 3.63) is 82.2 Å². The van der Waals surface area contributed by atoms with Crippen molar-refractivity contribution in [2.24, 2.45) is 0 Å². The lowest BCUT2D eigenvalue weighted by atomic mass is 9.71. The summed E-state index contributed by atoms with van der Waals surface area (Å²) >= 11 is 0. The number of aromatic hydroxyl groups is 1. The number of benzene rings is 2. The van der Waals surface area contributed by atoms with Crippen molar-refractivity contribution in [3.8, 4) is 11.5 Å². The van der Waals surface area contributed by atoms with Crippen LogP contribution in [0.4, 0.5) is 0 Å². The lowest BCUT2D eigenvalue weighted by Crippen LogP contribution is -2.36. The van der Waals surface area contributed by atoms with Gasteiger partial charge >= 0.3 is 5.97 Å². The first-order valence-corrected chi connectivity index (χ1v) is 11.2. The molecule has 0 saturated carbocycles. The third-order valence-electron chi connectivity index (χ3n) is 6.20. The van der Waals surface area contributed by atoms with Gasteiger partial charge in [0.25, 0.3) is 0 Å². The first-order valence-electron chi connectivity index (χ1n) is 11.2. The second-order valence-electron chi connectivity index (χ2n) is 8.80. The van der Waals surface area contributed by atoms with Gasteiger partial charge in [0.2, 0.25) is 0 Å². The standard InChI is InChI=1S/C27H29NO5/c1-15(2)33-27(31)24-16(3)28-21-13-18(20-7-5-6-8-23(20)32-4)14-22(30)26(21)25(24)17-9-11-19(29)12-10-17/h5-12,15,18,25,28-29H,13-14H2,1-4H3/t18-,25-/m1/s1. The number of dihydropyridines is 1. The summed E-state index contributed by atoms with van der Waals surface area (Å²) < 4.78 is 11.1. The van der Waals surface area contributed by atoms with E-state index in [0.717, 1.165) is 22.6 Å². The SMILES string of the molecule is COc1ccccc1[C@H]1CC(=O)C2=C(C1)NC(C)=C(C(=O)OC(C)C)[C@H]2c1ccc(O)cc1. The van der Waals surface area contributed by atoms with E-state index in [4.69, 9.17) is 9.47 Å². The van der Waals surface area contributed by atoms with E-state index in [-0.39, 0.29) is 23.6 Å². The Morgan fingerprint density at radius 3 is 2.45 bits per heavy atom. The Kier molecular flexibility index (Phi) is 6.27. The Morgan fingerprint density at radius 1 is 1.09 bits per heavy atom. The van der Waals surface area contributed by atoms with Crippen LogP contribution in [0.5, 0.6) is 11.5 Å². The van der Waals surface area contributed by atoms with E-state index in [1.54, 1.807) is 45.2 Å². The van der Waals surface area contributed by atoms with Crippen molar-refractivity contribution < 1.29 is 24.2 Å². The van der Waals surface area contributed by atoms with Gasteiger partial charge in [-0.05, 0) is 56.5 Å². The van der Waals surface area contributed by atoms with Crippen LogP contribution in [-0.4, -0.2) is 30.1 Å². The van der Waals surface area contributed by atoms with E-state index in [1.165, 1.54) is 0 Å². The summed E-state index contributed by atoms with van der Waals surface area (Å²) in [4.78, 5) is 26.7. The number of allylic oxidation sites excluding steroid dienone is 3. The van der Waals surface area contributed by atoms with E-state index in [2.05, 4.69) is 5.32 Å². The molecule has 6 heteroatoms. The highest BCUT2D eigenvalue weighted by Gasteiger charge is 2.42. The van der Waals surface area contributed by atoms with Crippen LogP contribution in [0.25, 0.3) is 0 Å². The van der Waals surface area contributed by atoms with Crippen molar-refractivity contribution in [1.82, 2.24) is 5.32 Å². The molecule has 172 valence electrons. The molecular weight excluding hydrogens is 418 g/mol. The van der Waals surface area contributed by atoms with Gasteiger partial charge < -0.3 is 19.9 Å². The third-order valence-corrected chi connectivity index (χ3v) is 6.20. The number of carbonyl (C=O) groups is 2. The van der Waals surface area contributed by atoms with E-state index in [1.807, 2.05) is 31.2 Å². The largest absolute Gasteiger partial charge is 0.508 e. The molecule has 0 bridgehead atoms. The molecule has 1 aliphatic carbocycles. The number of rotatable bonds is 5. The van der Waals surface area contributed by atoms with Crippen molar-refractivity contribution in [3.63, 3.8) is 0 Å². The summed E-state index contributed by atoms with van der Waals surface area (Å²) in [5.74, 6) is -0.158. The molecule has 0 saturated heterocycles. The van der Waals surface area contributed by atoms with Gasteiger partial charge in [0, 0.05) is 35.2 Å². The Hall–Kier alpha value is -3.54. The summed E-state index contributed by atoms with van der Waals surface area (Å²) in [6.45, 7) is 5.44. The van der Waals surface area contributed by atoms with Gasteiger partial charge in [0.1, 0.15) is 11.5 Å². The summed E-state index contributed by atoms with van der Waals surface area (Å²) in [6.07, 6.45) is 0.659. The van der Waals surface area contributed by atoms with Gasteiger partial charge in [-0.1, -0.05) is 30.3 Å². The van der Waals surface area contributed by atoms with Crippen LogP contribution < -0.4 is 10.1 Å². The van der Waals surface area contributed by atoms with Crippen molar-refractivity contribution in [2.75, 3.05) is 7.11 Å². The predicted molar refractivity (Wildman–Crippen MR) is 125 cm³/mol. The van der Waals surface area contributed by atoms with Crippen LogP contribution in [-0.2, 0) is 14.3 Å². The van der Waals surface area contributed by atoms with Gasteiger partial charge in [-0.25, -0.2) is 4.79 Å². The normalized spacial score (nSPS) is 20.5. The quantitative estimate of drug-likeness (QED) is 0.646. The number of carbonyl (C=O) groups excluding carboxylic acids is 2. The number of hydrogen-bond donors (Lipinski definition) is 2. The molecule has 33 heavy (non-hydrogen) atoms. The van der Waals surface area contributed by atoms with E-state index in [0.29, 0.717) is 29.7 Å². The molecule has 0 radical (unpaired) electrons. The lowest BCUT2D eigenvalue weighted by molar-refractivity contribution is -0.143. The summed E-state index contributed by atoms with van der Waals surface area (Å²) in [7, 11) is 1.63. The van der Waals surface area contributed by atoms with Crippen molar-refractivity contribution in [2.45, 2.75) is 51.6 Å². The highest BCUT2D eigenvalue weighted by molar-refractivity contribution is 6.04. The highest BCUT2D eigenvalue weighted by atomic mass is 16.5. The van der Waals surface area contributed by atoms with Crippen LogP contribution in [0.2, 0.25) is 0 Å². The fourth-order valence-corrected chi connectivity index (χ4v) is 4.81. The maximum atomic E-state index is 13.6. The maximum Gasteiger partial charge on any atom is 0.337 e. The fraction of sp³-hybridized carbons (Fsp3) is 0.333. The highest BCUT2D eigenvalue weighted by Crippen LogP contribution is 2.47. The number of ketones is 1. The molecule has 1 heterocycles. The number of Topliss-reactive ketones (excluding diaryl/α,β-unsaturated/α-hetero) is 1. The number of phenolic OH excluding ortho intramolecular Hbond substituents is 1. The van der Waals surface area contributed by atoms with Crippen LogP contribution in [0.1, 0.15) is 56.6 Å². The molecule has 0 spiro atoms. The Balaban J connectivity index is 1.80. The number of phenols is 1. The molecule has 0 fully saturated rings. The molecular formula is C27H29NO5. The van der Waals surface area contributed by atoms with Gasteiger partial charge in [-0.15, -0.1) is 0 Å². The molecule has 0 aromatic heterocycles. The second-order valence-corrected chi connectivity index (χ2v) is 8.80. The van der Waals surface area contributed by atoms with E-state index >= 15 is 0 Å². The molecule has 0 unspecified atom stereocenters. The average molecular weight is 448 g/mol. The number of ether oxygens (including phenoxy) is 2. The minimum absolute atomic E-state index is 0.0138. The zero-order chi connectivity index (χ0) is 23.7. The van der Waals surface area contributed by atoms with Crippen molar-refractivity contribution in [1.29, 1.82) is 0 Å². The van der Waals surface area contributed by atoms with E-state index < -0.39 is 11.9 Å². The molecule has 1 aliphatic heterocycles. The first-order chi connectivity index (χ1) is 15.8. The first kappa shape index (κ1) is 22.6. The van der Waals surface area contributed by atoms with Gasteiger partial charge in [0.15, 0.2) is 5.78 Å². The second kappa shape index (κ2) is 9.14. The van der Waals surface area contributed by atoms with E-state index in [9.17, 15) is 14.7 Å². The molecule has 2 atom stereocenters. The summed E-state index contributed by atoms with van der Waals surface area (Å²) in [5, 5.41) is 13.1. The molecule has 4 rings (SSSR count).